The van der Waals surface area contributed by atoms with Gasteiger partial charge in [-0.05, 0) is 51.2 Å². The standard InChI is InChI=1S/C64H52N6O8S2/c1-74-51-36-33-43(34-37-51)40-76-61(73)57-44(35-38-52-39-54(75-2)68-77-52)41-79-60-56(59(72)70(57)60)66-58(71)55(69-78-64(48-27-15-6-16-28-48,49-29-17-7-18-30-49)50-31-19-8-20-32-50)53-42-80-62(65-53)67-63(45-21-9-3-10-22-45,46-23-11-4-12-24-46)47-25-13-5-14-26-47/h3-39,42,56,60H,40-41H2,1-2H3,(H,65,67)(H,66,71)/b38-35-,69-55-/t56-,60-/m1/s1. The molecule has 2 aliphatic heterocycles. The van der Waals surface area contributed by atoms with Crippen molar-refractivity contribution in [3.63, 3.8) is 0 Å². The number of rotatable bonds is 20. The van der Waals surface area contributed by atoms with Crippen LogP contribution in [0.4, 0.5) is 5.13 Å². The van der Waals surface area contributed by atoms with Gasteiger partial charge in [-0.3, -0.25) is 14.5 Å². The highest BCUT2D eigenvalue weighted by molar-refractivity contribution is 8.00. The Morgan fingerprint density at radius 2 is 1.23 bits per heavy atom. The molecule has 0 aliphatic carbocycles. The van der Waals surface area contributed by atoms with Gasteiger partial charge in [0.05, 0.1) is 14.2 Å². The Bertz CT molecular complexity index is 3500. The normalized spacial score (nSPS) is 15.4. The summed E-state index contributed by atoms with van der Waals surface area (Å²) < 4.78 is 21.8. The molecule has 0 bridgehead atoms. The van der Waals surface area contributed by atoms with Crippen molar-refractivity contribution in [3.8, 4) is 11.6 Å². The Labute approximate surface area is 470 Å². The van der Waals surface area contributed by atoms with Gasteiger partial charge in [-0.1, -0.05) is 205 Å². The second-order valence-corrected chi connectivity index (χ2v) is 20.5. The second kappa shape index (κ2) is 23.6. The van der Waals surface area contributed by atoms with Gasteiger partial charge in [-0.15, -0.1) is 23.1 Å². The SMILES string of the molecule is COc1ccc(COC(=O)C2=C(/C=C\c3cc(OC)no3)CS[C@@H]3[C@H](NC(=O)/C(=N\OC(c4ccccc4)(c4ccccc4)c4ccccc4)c4csc(NC(c5ccccc5)(c5ccccc5)c5ccccc5)n4)C(=O)N23)cc1. The minimum absolute atomic E-state index is 0.0324. The van der Waals surface area contributed by atoms with E-state index in [4.69, 9.17) is 33.7 Å². The van der Waals surface area contributed by atoms with E-state index in [0.29, 0.717) is 27.8 Å². The number of benzene rings is 7. The van der Waals surface area contributed by atoms with Crippen LogP contribution in [0.5, 0.6) is 11.6 Å². The van der Waals surface area contributed by atoms with Crippen LogP contribution >= 0.6 is 23.1 Å². The summed E-state index contributed by atoms with van der Waals surface area (Å²) in [6, 6.07) is 67.0. The lowest BCUT2D eigenvalue weighted by atomic mass is 9.77. The molecule has 0 saturated carbocycles. The molecule has 14 nitrogen and oxygen atoms in total. The molecule has 80 heavy (non-hydrogen) atoms. The lowest BCUT2D eigenvalue weighted by Gasteiger charge is -2.49. The van der Waals surface area contributed by atoms with E-state index >= 15 is 4.79 Å². The number of methoxy groups -OCH3 is 2. The van der Waals surface area contributed by atoms with Crippen molar-refractivity contribution in [3.05, 3.63) is 285 Å². The zero-order chi connectivity index (χ0) is 54.9. The van der Waals surface area contributed by atoms with Gasteiger partial charge in [-0.25, -0.2) is 9.78 Å². The van der Waals surface area contributed by atoms with Crippen molar-refractivity contribution in [2.24, 2.45) is 5.16 Å². The molecule has 9 aromatic rings. The van der Waals surface area contributed by atoms with Crippen molar-refractivity contribution in [1.82, 2.24) is 20.4 Å². The van der Waals surface area contributed by atoms with Crippen LogP contribution in [0.15, 0.2) is 245 Å². The molecule has 2 atom stereocenters. The summed E-state index contributed by atoms with van der Waals surface area (Å²) in [5.74, 6) is -0.446. The molecule has 2 aromatic heterocycles. The molecular weight excluding hydrogens is 1040 g/mol. The number of hydrogen-bond acceptors (Lipinski definition) is 14. The molecular formula is C64H52N6O8S2. The van der Waals surface area contributed by atoms with Gasteiger partial charge in [0.1, 0.15) is 40.7 Å². The smallest absolute Gasteiger partial charge is 0.355 e. The van der Waals surface area contributed by atoms with Gasteiger partial charge in [0.2, 0.25) is 5.60 Å². The van der Waals surface area contributed by atoms with Gasteiger partial charge in [0.25, 0.3) is 17.7 Å². The second-order valence-electron chi connectivity index (χ2n) is 18.6. The van der Waals surface area contributed by atoms with Gasteiger partial charge >= 0.3 is 5.97 Å². The molecule has 2 aliphatic rings. The number of aromatic nitrogens is 2. The average Bonchev–Trinajstić information content (AvgIpc) is 4.33. The van der Waals surface area contributed by atoms with E-state index in [9.17, 15) is 9.59 Å². The predicted octanol–water partition coefficient (Wildman–Crippen LogP) is 11.4. The molecule has 2 N–H and O–H groups in total. The van der Waals surface area contributed by atoms with Crippen molar-refractivity contribution >= 4 is 57.8 Å². The quantitative estimate of drug-likeness (QED) is 0.0244. The Morgan fingerprint density at radius 3 is 1.73 bits per heavy atom. The van der Waals surface area contributed by atoms with Crippen molar-refractivity contribution in [1.29, 1.82) is 0 Å². The van der Waals surface area contributed by atoms with E-state index in [1.807, 2.05) is 146 Å². The number of β-lactam (4-membered cyclic amide) rings is 1. The van der Waals surface area contributed by atoms with Crippen LogP contribution in [0, 0.1) is 0 Å². The van der Waals surface area contributed by atoms with Crippen LogP contribution in [0.1, 0.15) is 50.4 Å². The fourth-order valence-corrected chi connectivity index (χ4v) is 12.0. The number of fused-ring (bicyclic) bond motifs is 1. The van der Waals surface area contributed by atoms with E-state index in [1.54, 1.807) is 55.0 Å². The first-order valence-electron chi connectivity index (χ1n) is 25.6. The van der Waals surface area contributed by atoms with E-state index in [-0.39, 0.29) is 35.3 Å². The Balaban J connectivity index is 0.979. The number of allylic oxidation sites excluding steroid dienone is 1. The number of thiazole rings is 1. The maximum absolute atomic E-state index is 15.4. The molecule has 7 aromatic carbocycles. The third kappa shape index (κ3) is 10.5. The zero-order valence-corrected chi connectivity index (χ0v) is 45.0. The summed E-state index contributed by atoms with van der Waals surface area (Å²) >= 11 is 2.67. The Morgan fingerprint density at radius 1 is 0.700 bits per heavy atom. The first kappa shape index (κ1) is 52.5. The van der Waals surface area contributed by atoms with Crippen LogP contribution in [0.2, 0.25) is 0 Å². The largest absolute Gasteiger partial charge is 0.497 e. The Hall–Kier alpha value is -9.51. The molecule has 0 spiro atoms. The zero-order valence-electron chi connectivity index (χ0n) is 43.4. The third-order valence-electron chi connectivity index (χ3n) is 13.9. The van der Waals surface area contributed by atoms with Crippen LogP contribution in [0.25, 0.3) is 6.08 Å². The van der Waals surface area contributed by atoms with Gasteiger partial charge in [0, 0.05) is 33.9 Å². The molecule has 11 rings (SSSR count). The van der Waals surface area contributed by atoms with E-state index < -0.39 is 40.3 Å². The molecule has 4 heterocycles. The lowest BCUT2D eigenvalue weighted by molar-refractivity contribution is -0.153. The number of oxime groups is 1. The summed E-state index contributed by atoms with van der Waals surface area (Å²) in [6.45, 7) is -0.0768. The number of thioether (sulfide) groups is 1. The summed E-state index contributed by atoms with van der Waals surface area (Å²) in [5.41, 5.74) is 3.99. The highest BCUT2D eigenvalue weighted by atomic mass is 32.2. The summed E-state index contributed by atoms with van der Waals surface area (Å²) in [6.07, 6.45) is 3.32. The summed E-state index contributed by atoms with van der Waals surface area (Å²) in [5, 5.41) is 17.1. The number of nitrogens with one attached hydrogen (secondary N) is 2. The number of esters is 1. The van der Waals surface area contributed by atoms with Crippen LogP contribution in [-0.2, 0) is 41.7 Å². The summed E-state index contributed by atoms with van der Waals surface area (Å²) in [7, 11) is 3.05. The number of carbonyl (C=O) groups is 3. The third-order valence-corrected chi connectivity index (χ3v) is 15.9. The van der Waals surface area contributed by atoms with Crippen LogP contribution in [0.3, 0.4) is 0 Å². The molecule has 2 amide bonds. The van der Waals surface area contributed by atoms with Crippen LogP contribution < -0.4 is 20.1 Å². The minimum atomic E-state index is -1.38. The molecule has 16 heteroatoms. The first-order chi connectivity index (χ1) is 39.3. The van der Waals surface area contributed by atoms with Crippen molar-refractivity contribution in [2.45, 2.75) is 29.2 Å². The highest BCUT2D eigenvalue weighted by Crippen LogP contribution is 2.44. The first-order valence-corrected chi connectivity index (χ1v) is 27.5. The monoisotopic (exact) mass is 1100 g/mol. The van der Waals surface area contributed by atoms with Crippen molar-refractivity contribution in [2.75, 3.05) is 25.3 Å². The number of amides is 2. The molecule has 1 fully saturated rings. The number of ether oxygens (including phenoxy) is 3. The topological polar surface area (TPSA) is 167 Å². The maximum atomic E-state index is 15.4. The van der Waals surface area contributed by atoms with E-state index in [1.165, 1.54) is 35.1 Å². The van der Waals surface area contributed by atoms with Crippen LogP contribution in [-0.4, -0.2) is 69.9 Å². The highest BCUT2D eigenvalue weighted by Gasteiger charge is 2.55. The fraction of sp³-hybridized carbons (Fsp3) is 0.125. The van der Waals surface area contributed by atoms with Crippen molar-refractivity contribution < 1.29 is 38.0 Å². The number of hydrogen-bond donors (Lipinski definition) is 2. The van der Waals surface area contributed by atoms with Gasteiger partial charge < -0.3 is 34.2 Å². The fourth-order valence-electron chi connectivity index (χ4n) is 9.91. The Kier molecular flexibility index (Phi) is 15.5. The lowest BCUT2D eigenvalue weighted by Crippen LogP contribution is -2.71. The maximum Gasteiger partial charge on any atom is 0.355 e. The van der Waals surface area contributed by atoms with E-state index in [2.05, 4.69) is 52.2 Å². The van der Waals surface area contributed by atoms with Gasteiger partial charge in [0.15, 0.2) is 16.6 Å². The minimum Gasteiger partial charge on any atom is -0.497 e. The summed E-state index contributed by atoms with van der Waals surface area (Å²) in [4.78, 5) is 57.9. The van der Waals surface area contributed by atoms with Gasteiger partial charge in [-0.2, -0.15) is 0 Å². The van der Waals surface area contributed by atoms with E-state index in [0.717, 1.165) is 33.4 Å². The molecule has 0 radical (unpaired) electrons. The molecule has 0 unspecified atom stereocenters. The number of anilines is 1. The number of nitrogens with zero attached hydrogens (tertiary/aromatic N) is 4. The molecule has 398 valence electrons. The number of carbonyl (C=O) groups excluding carboxylic acids is 3. The average molecular weight is 1100 g/mol. The predicted molar refractivity (Wildman–Crippen MR) is 309 cm³/mol. The molecule has 1 saturated heterocycles.